The summed E-state index contributed by atoms with van der Waals surface area (Å²) in [6, 6.07) is 0. The molecule has 7 nitrogen and oxygen atoms in total. The Balaban J connectivity index is 1.73. The number of Topliss-reactive ketones (excluding diaryl/α,β-unsaturated/α-hetero) is 1. The number of amides is 1. The number of guanidine groups is 1. The maximum absolute atomic E-state index is 12.3. The molecule has 0 aromatic rings. The molecule has 2 fully saturated rings. The van der Waals surface area contributed by atoms with E-state index in [1.807, 2.05) is 4.90 Å². The molecule has 0 aromatic heterocycles. The van der Waals surface area contributed by atoms with E-state index < -0.39 is 6.09 Å². The lowest BCUT2D eigenvalue weighted by Gasteiger charge is -2.33. The van der Waals surface area contributed by atoms with Crippen LogP contribution in [0.4, 0.5) is 4.79 Å². The van der Waals surface area contributed by atoms with Gasteiger partial charge in [0, 0.05) is 38.5 Å². The molecule has 0 aliphatic carbocycles. The number of carbonyl (C=O) groups is 2. The van der Waals surface area contributed by atoms with Crippen LogP contribution in [0.15, 0.2) is 0 Å². The maximum Gasteiger partial charge on any atom is 0.407 e. The standard InChI is InChI=1S/C14H24N4O3/c15-13(16)17-5-1-10(2-6-17)9-12(19)11-3-7-18(8-4-11)14(20)21/h10-11H,1-9H2,(H3,15,16)(H,20,21). The Morgan fingerprint density at radius 3 is 2.05 bits per heavy atom. The molecule has 2 aliphatic rings. The van der Waals surface area contributed by atoms with Gasteiger partial charge in [-0.15, -0.1) is 0 Å². The number of nitrogens with zero attached hydrogens (tertiary/aromatic N) is 2. The molecule has 0 atom stereocenters. The predicted molar refractivity (Wildman–Crippen MR) is 78.2 cm³/mol. The zero-order chi connectivity index (χ0) is 15.4. The molecule has 0 aromatic carbocycles. The molecule has 0 spiro atoms. The van der Waals surface area contributed by atoms with Crippen molar-refractivity contribution in [3.63, 3.8) is 0 Å². The summed E-state index contributed by atoms with van der Waals surface area (Å²) < 4.78 is 0. The molecule has 21 heavy (non-hydrogen) atoms. The second-order valence-electron chi connectivity index (χ2n) is 6.03. The smallest absolute Gasteiger partial charge is 0.407 e. The third kappa shape index (κ3) is 4.09. The number of nitrogens with one attached hydrogen (secondary N) is 1. The average Bonchev–Trinajstić information content (AvgIpc) is 2.47. The van der Waals surface area contributed by atoms with Crippen molar-refractivity contribution in [2.45, 2.75) is 32.1 Å². The first-order valence-electron chi connectivity index (χ1n) is 7.57. The molecule has 2 saturated heterocycles. The van der Waals surface area contributed by atoms with Crippen LogP contribution in [0, 0.1) is 17.2 Å². The van der Waals surface area contributed by atoms with Crippen LogP contribution in [0.5, 0.6) is 0 Å². The first kappa shape index (κ1) is 15.6. The molecular formula is C14H24N4O3. The number of piperidine rings is 2. The number of hydrogen-bond donors (Lipinski definition) is 3. The van der Waals surface area contributed by atoms with Crippen molar-refractivity contribution < 1.29 is 14.7 Å². The van der Waals surface area contributed by atoms with E-state index in [1.165, 1.54) is 4.90 Å². The van der Waals surface area contributed by atoms with Crippen LogP contribution in [0.1, 0.15) is 32.1 Å². The molecule has 2 rings (SSSR count). The third-order valence-electron chi connectivity index (χ3n) is 4.67. The minimum atomic E-state index is -0.891. The summed E-state index contributed by atoms with van der Waals surface area (Å²) in [6.07, 6.45) is 2.80. The molecule has 2 heterocycles. The largest absolute Gasteiger partial charge is 0.465 e. The van der Waals surface area contributed by atoms with Crippen LogP contribution >= 0.6 is 0 Å². The van der Waals surface area contributed by atoms with E-state index in [0.717, 1.165) is 25.9 Å². The zero-order valence-electron chi connectivity index (χ0n) is 12.3. The van der Waals surface area contributed by atoms with E-state index in [4.69, 9.17) is 16.2 Å². The average molecular weight is 296 g/mol. The van der Waals surface area contributed by atoms with Gasteiger partial charge in [-0.2, -0.15) is 0 Å². The number of carboxylic acid groups (broad SMARTS) is 1. The SMILES string of the molecule is N=C(N)N1CCC(CC(=O)C2CCN(C(=O)O)CC2)CC1. The van der Waals surface area contributed by atoms with Gasteiger partial charge >= 0.3 is 6.09 Å². The monoisotopic (exact) mass is 296 g/mol. The summed E-state index contributed by atoms with van der Waals surface area (Å²) in [4.78, 5) is 26.4. The number of carbonyl (C=O) groups excluding carboxylic acids is 1. The van der Waals surface area contributed by atoms with E-state index in [0.29, 0.717) is 38.3 Å². The molecule has 2 aliphatic heterocycles. The lowest BCUT2D eigenvalue weighted by molar-refractivity contribution is -0.125. The summed E-state index contributed by atoms with van der Waals surface area (Å²) in [5, 5.41) is 16.3. The summed E-state index contributed by atoms with van der Waals surface area (Å²) in [6.45, 7) is 2.44. The van der Waals surface area contributed by atoms with Crippen LogP contribution in [0.25, 0.3) is 0 Å². The lowest BCUT2D eigenvalue weighted by atomic mass is 9.84. The number of rotatable bonds is 3. The van der Waals surface area contributed by atoms with Gasteiger partial charge in [0.15, 0.2) is 5.96 Å². The van der Waals surface area contributed by atoms with E-state index in [9.17, 15) is 9.59 Å². The highest BCUT2D eigenvalue weighted by atomic mass is 16.4. The van der Waals surface area contributed by atoms with Crippen molar-refractivity contribution in [1.82, 2.24) is 9.80 Å². The Bertz CT molecular complexity index is 410. The third-order valence-corrected chi connectivity index (χ3v) is 4.67. The lowest BCUT2D eigenvalue weighted by Crippen LogP contribution is -2.43. The van der Waals surface area contributed by atoms with Crippen LogP contribution in [-0.4, -0.2) is 58.9 Å². The highest BCUT2D eigenvalue weighted by Crippen LogP contribution is 2.26. The first-order valence-corrected chi connectivity index (χ1v) is 7.57. The minimum Gasteiger partial charge on any atom is -0.465 e. The second kappa shape index (κ2) is 6.78. The van der Waals surface area contributed by atoms with Gasteiger partial charge in [0.25, 0.3) is 0 Å². The molecule has 0 bridgehead atoms. The van der Waals surface area contributed by atoms with Crippen LogP contribution in [-0.2, 0) is 4.79 Å². The molecule has 4 N–H and O–H groups in total. The second-order valence-corrected chi connectivity index (χ2v) is 6.03. The quantitative estimate of drug-likeness (QED) is 0.530. The molecule has 7 heteroatoms. The molecule has 0 saturated carbocycles. The van der Waals surface area contributed by atoms with Gasteiger partial charge in [-0.25, -0.2) is 4.79 Å². The van der Waals surface area contributed by atoms with Crippen molar-refractivity contribution in [1.29, 1.82) is 5.41 Å². The normalized spacial score (nSPS) is 21.3. The Kier molecular flexibility index (Phi) is 5.03. The predicted octanol–water partition coefficient (Wildman–Crippen LogP) is 0.941. The highest BCUT2D eigenvalue weighted by Gasteiger charge is 2.29. The van der Waals surface area contributed by atoms with E-state index in [-0.39, 0.29) is 17.7 Å². The molecule has 0 radical (unpaired) electrons. The van der Waals surface area contributed by atoms with Gasteiger partial charge in [-0.05, 0) is 31.6 Å². The van der Waals surface area contributed by atoms with Gasteiger partial charge in [0.05, 0.1) is 0 Å². The first-order chi connectivity index (χ1) is 9.97. The summed E-state index contributed by atoms with van der Waals surface area (Å²) in [7, 11) is 0. The molecular weight excluding hydrogens is 272 g/mol. The van der Waals surface area contributed by atoms with Crippen molar-refractivity contribution in [3.05, 3.63) is 0 Å². The van der Waals surface area contributed by atoms with Crippen LogP contribution in [0.2, 0.25) is 0 Å². The Morgan fingerprint density at radius 1 is 1.05 bits per heavy atom. The Labute approximate surface area is 124 Å². The van der Waals surface area contributed by atoms with Gasteiger partial charge in [-0.3, -0.25) is 10.2 Å². The molecule has 0 unspecified atom stereocenters. The van der Waals surface area contributed by atoms with E-state index in [2.05, 4.69) is 0 Å². The number of ketones is 1. The fourth-order valence-electron chi connectivity index (χ4n) is 3.22. The topological polar surface area (TPSA) is 111 Å². The van der Waals surface area contributed by atoms with Gasteiger partial charge in [0.1, 0.15) is 5.78 Å². The summed E-state index contributed by atoms with van der Waals surface area (Å²) >= 11 is 0. The Hall–Kier alpha value is -1.79. The summed E-state index contributed by atoms with van der Waals surface area (Å²) in [5.74, 6) is 0.791. The fraction of sp³-hybridized carbons (Fsp3) is 0.786. The van der Waals surface area contributed by atoms with Gasteiger partial charge < -0.3 is 20.6 Å². The number of nitrogens with two attached hydrogens (primary N) is 1. The van der Waals surface area contributed by atoms with E-state index >= 15 is 0 Å². The van der Waals surface area contributed by atoms with Crippen LogP contribution < -0.4 is 5.73 Å². The molecule has 118 valence electrons. The van der Waals surface area contributed by atoms with Gasteiger partial charge in [-0.1, -0.05) is 0 Å². The van der Waals surface area contributed by atoms with E-state index in [1.54, 1.807) is 0 Å². The number of hydrogen-bond acceptors (Lipinski definition) is 3. The van der Waals surface area contributed by atoms with Crippen LogP contribution in [0.3, 0.4) is 0 Å². The highest BCUT2D eigenvalue weighted by molar-refractivity contribution is 5.81. The van der Waals surface area contributed by atoms with Crippen molar-refractivity contribution in [2.75, 3.05) is 26.2 Å². The Morgan fingerprint density at radius 2 is 1.57 bits per heavy atom. The van der Waals surface area contributed by atoms with Gasteiger partial charge in [0.2, 0.25) is 0 Å². The van der Waals surface area contributed by atoms with Crippen molar-refractivity contribution in [2.24, 2.45) is 17.6 Å². The minimum absolute atomic E-state index is 0.0198. The zero-order valence-corrected chi connectivity index (χ0v) is 12.3. The fourth-order valence-corrected chi connectivity index (χ4v) is 3.22. The number of likely N-dealkylation sites (tertiary alicyclic amines) is 2. The van der Waals surface area contributed by atoms with Crippen molar-refractivity contribution >= 4 is 17.8 Å². The maximum atomic E-state index is 12.3. The molecule has 1 amide bonds. The van der Waals surface area contributed by atoms with Crippen molar-refractivity contribution in [3.8, 4) is 0 Å². The summed E-state index contributed by atoms with van der Waals surface area (Å²) in [5.41, 5.74) is 5.46.